The standard InChI is InChI=1S/C17H29N3O/c1-14(2)6-5-11-19-17(18-3)20-12-15-7-9-16(10-8-15)13-21-4/h7-10,14H,5-6,11-13H2,1-4H3,(H2,18,19,20). The third kappa shape index (κ3) is 7.71. The molecule has 1 aromatic carbocycles. The predicted octanol–water partition coefficient (Wildman–Crippen LogP) is 2.93. The summed E-state index contributed by atoms with van der Waals surface area (Å²) in [5, 5.41) is 6.68. The number of rotatable bonds is 8. The zero-order valence-corrected chi connectivity index (χ0v) is 13.8. The van der Waals surface area contributed by atoms with Crippen LogP contribution in [-0.4, -0.2) is 26.7 Å². The molecular formula is C17H29N3O. The minimum absolute atomic E-state index is 0.660. The van der Waals surface area contributed by atoms with Crippen LogP contribution in [0.5, 0.6) is 0 Å². The van der Waals surface area contributed by atoms with Gasteiger partial charge in [0.2, 0.25) is 0 Å². The van der Waals surface area contributed by atoms with Crippen LogP contribution in [0, 0.1) is 5.92 Å². The number of nitrogens with one attached hydrogen (secondary N) is 2. The lowest BCUT2D eigenvalue weighted by Crippen LogP contribution is -2.37. The monoisotopic (exact) mass is 291 g/mol. The van der Waals surface area contributed by atoms with Gasteiger partial charge in [-0.25, -0.2) is 0 Å². The number of ether oxygens (including phenoxy) is 1. The highest BCUT2D eigenvalue weighted by atomic mass is 16.5. The molecule has 0 radical (unpaired) electrons. The van der Waals surface area contributed by atoms with E-state index in [9.17, 15) is 0 Å². The van der Waals surface area contributed by atoms with Crippen molar-refractivity contribution < 1.29 is 4.74 Å². The lowest BCUT2D eigenvalue weighted by Gasteiger charge is -2.12. The van der Waals surface area contributed by atoms with E-state index in [2.05, 4.69) is 53.7 Å². The minimum atomic E-state index is 0.660. The van der Waals surface area contributed by atoms with Gasteiger partial charge in [-0.05, 0) is 29.9 Å². The zero-order valence-electron chi connectivity index (χ0n) is 13.8. The predicted molar refractivity (Wildman–Crippen MR) is 89.4 cm³/mol. The molecule has 0 aromatic heterocycles. The Bertz CT molecular complexity index is 413. The first-order chi connectivity index (χ1) is 10.2. The molecule has 118 valence electrons. The highest BCUT2D eigenvalue weighted by molar-refractivity contribution is 5.79. The van der Waals surface area contributed by atoms with Crippen LogP contribution in [-0.2, 0) is 17.9 Å². The van der Waals surface area contributed by atoms with Gasteiger partial charge >= 0.3 is 0 Å². The van der Waals surface area contributed by atoms with Crippen LogP contribution in [0.2, 0.25) is 0 Å². The molecule has 21 heavy (non-hydrogen) atoms. The van der Waals surface area contributed by atoms with Crippen LogP contribution < -0.4 is 10.6 Å². The number of hydrogen-bond donors (Lipinski definition) is 2. The molecule has 0 saturated heterocycles. The second-order valence-corrected chi connectivity index (χ2v) is 5.64. The van der Waals surface area contributed by atoms with E-state index in [4.69, 9.17) is 4.74 Å². The van der Waals surface area contributed by atoms with Gasteiger partial charge in [-0.1, -0.05) is 38.1 Å². The molecule has 0 atom stereocenters. The normalized spacial score (nSPS) is 11.8. The van der Waals surface area contributed by atoms with E-state index in [0.29, 0.717) is 6.61 Å². The Balaban J connectivity index is 2.31. The van der Waals surface area contributed by atoms with Crippen molar-refractivity contribution in [2.75, 3.05) is 20.7 Å². The van der Waals surface area contributed by atoms with Gasteiger partial charge in [0.25, 0.3) is 0 Å². The molecule has 0 aliphatic carbocycles. The fourth-order valence-electron chi connectivity index (χ4n) is 2.04. The highest BCUT2D eigenvalue weighted by Crippen LogP contribution is 2.05. The van der Waals surface area contributed by atoms with Crippen molar-refractivity contribution in [3.8, 4) is 0 Å². The molecular weight excluding hydrogens is 262 g/mol. The summed E-state index contributed by atoms with van der Waals surface area (Å²) in [6.45, 7) is 6.90. The van der Waals surface area contributed by atoms with E-state index in [0.717, 1.165) is 25.0 Å². The van der Waals surface area contributed by atoms with Crippen LogP contribution in [0.25, 0.3) is 0 Å². The lowest BCUT2D eigenvalue weighted by atomic mass is 10.1. The quantitative estimate of drug-likeness (QED) is 0.440. The zero-order chi connectivity index (χ0) is 15.5. The van der Waals surface area contributed by atoms with E-state index in [1.165, 1.54) is 24.0 Å². The van der Waals surface area contributed by atoms with Crippen molar-refractivity contribution in [2.45, 2.75) is 39.8 Å². The third-order valence-electron chi connectivity index (χ3n) is 3.27. The fourth-order valence-corrected chi connectivity index (χ4v) is 2.04. The van der Waals surface area contributed by atoms with Gasteiger partial charge in [0.05, 0.1) is 6.61 Å². The van der Waals surface area contributed by atoms with Crippen LogP contribution >= 0.6 is 0 Å². The number of guanidine groups is 1. The van der Waals surface area contributed by atoms with Crippen molar-refractivity contribution in [1.82, 2.24) is 10.6 Å². The fraction of sp³-hybridized carbons (Fsp3) is 0.588. The first-order valence-electron chi connectivity index (χ1n) is 7.67. The van der Waals surface area contributed by atoms with Gasteiger partial charge in [0.1, 0.15) is 0 Å². The summed E-state index contributed by atoms with van der Waals surface area (Å²) in [6.07, 6.45) is 2.41. The largest absolute Gasteiger partial charge is 0.380 e. The maximum Gasteiger partial charge on any atom is 0.191 e. The van der Waals surface area contributed by atoms with Crippen molar-refractivity contribution in [3.05, 3.63) is 35.4 Å². The van der Waals surface area contributed by atoms with Gasteiger partial charge in [-0.15, -0.1) is 0 Å². The van der Waals surface area contributed by atoms with Gasteiger partial charge in [-0.2, -0.15) is 0 Å². The van der Waals surface area contributed by atoms with Crippen LogP contribution in [0.3, 0.4) is 0 Å². The van der Waals surface area contributed by atoms with E-state index in [1.807, 2.05) is 0 Å². The third-order valence-corrected chi connectivity index (χ3v) is 3.27. The summed E-state index contributed by atoms with van der Waals surface area (Å²) in [4.78, 5) is 4.24. The Kier molecular flexibility index (Phi) is 8.51. The Morgan fingerprint density at radius 1 is 1.14 bits per heavy atom. The first kappa shape index (κ1) is 17.5. The molecule has 0 aliphatic heterocycles. The molecule has 0 unspecified atom stereocenters. The SMILES string of the molecule is CN=C(NCCCC(C)C)NCc1ccc(COC)cc1. The molecule has 2 N–H and O–H groups in total. The highest BCUT2D eigenvalue weighted by Gasteiger charge is 1.99. The number of hydrogen-bond acceptors (Lipinski definition) is 2. The number of benzene rings is 1. The maximum atomic E-state index is 5.11. The Labute approximate surface area is 129 Å². The minimum Gasteiger partial charge on any atom is -0.380 e. The maximum absolute atomic E-state index is 5.11. The molecule has 0 amide bonds. The molecule has 1 aromatic rings. The van der Waals surface area contributed by atoms with Crippen LogP contribution in [0.1, 0.15) is 37.8 Å². The second kappa shape index (κ2) is 10.2. The number of nitrogens with zero attached hydrogens (tertiary/aromatic N) is 1. The van der Waals surface area contributed by atoms with Crippen molar-refractivity contribution in [1.29, 1.82) is 0 Å². The molecule has 0 aliphatic rings. The summed E-state index contributed by atoms with van der Waals surface area (Å²) >= 11 is 0. The average Bonchev–Trinajstić information content (AvgIpc) is 2.48. The summed E-state index contributed by atoms with van der Waals surface area (Å²) in [5.41, 5.74) is 2.43. The van der Waals surface area contributed by atoms with Crippen LogP contribution in [0.4, 0.5) is 0 Å². The molecule has 0 spiro atoms. The molecule has 1 rings (SSSR count). The Hall–Kier alpha value is -1.55. The Morgan fingerprint density at radius 3 is 2.38 bits per heavy atom. The first-order valence-corrected chi connectivity index (χ1v) is 7.67. The summed E-state index contributed by atoms with van der Waals surface area (Å²) in [5.74, 6) is 1.62. The van der Waals surface area contributed by atoms with Gasteiger partial charge in [0.15, 0.2) is 5.96 Å². The van der Waals surface area contributed by atoms with E-state index in [1.54, 1.807) is 14.2 Å². The second-order valence-electron chi connectivity index (χ2n) is 5.64. The van der Waals surface area contributed by atoms with Gasteiger partial charge in [-0.3, -0.25) is 4.99 Å². The van der Waals surface area contributed by atoms with E-state index < -0.39 is 0 Å². The smallest absolute Gasteiger partial charge is 0.191 e. The van der Waals surface area contributed by atoms with E-state index >= 15 is 0 Å². The molecule has 0 fully saturated rings. The summed E-state index contributed by atoms with van der Waals surface area (Å²) in [6, 6.07) is 8.43. The van der Waals surface area contributed by atoms with Gasteiger partial charge < -0.3 is 15.4 Å². The number of aliphatic imine (C=N–C) groups is 1. The van der Waals surface area contributed by atoms with Crippen molar-refractivity contribution >= 4 is 5.96 Å². The molecule has 0 saturated carbocycles. The van der Waals surface area contributed by atoms with E-state index in [-0.39, 0.29) is 0 Å². The van der Waals surface area contributed by atoms with Crippen molar-refractivity contribution in [3.63, 3.8) is 0 Å². The summed E-state index contributed by atoms with van der Waals surface area (Å²) < 4.78 is 5.11. The van der Waals surface area contributed by atoms with Crippen LogP contribution in [0.15, 0.2) is 29.3 Å². The molecule has 4 heteroatoms. The lowest BCUT2D eigenvalue weighted by molar-refractivity contribution is 0.185. The molecule has 0 bridgehead atoms. The average molecular weight is 291 g/mol. The number of methoxy groups -OCH3 is 1. The topological polar surface area (TPSA) is 45.7 Å². The molecule has 0 heterocycles. The Morgan fingerprint density at radius 2 is 1.81 bits per heavy atom. The summed E-state index contributed by atoms with van der Waals surface area (Å²) in [7, 11) is 3.52. The molecule has 4 nitrogen and oxygen atoms in total. The van der Waals surface area contributed by atoms with Crippen molar-refractivity contribution in [2.24, 2.45) is 10.9 Å². The van der Waals surface area contributed by atoms with Gasteiger partial charge in [0, 0.05) is 27.2 Å².